The van der Waals surface area contributed by atoms with E-state index in [1.54, 1.807) is 0 Å². The average molecular weight is 464 g/mol. The molecule has 33 heavy (non-hydrogen) atoms. The highest BCUT2D eigenvalue weighted by atomic mass is 35.5. The number of carbonyl (C=O) groups excluding carboxylic acids is 1. The molecule has 8 heteroatoms. The van der Waals surface area contributed by atoms with Crippen molar-refractivity contribution in [2.24, 2.45) is 0 Å². The average Bonchev–Trinajstić information content (AvgIpc) is 3.47. The molecule has 0 bridgehead atoms. The van der Waals surface area contributed by atoms with Crippen molar-refractivity contribution in [1.29, 1.82) is 0 Å². The normalized spacial score (nSPS) is 15.8. The van der Waals surface area contributed by atoms with Gasteiger partial charge >= 0.3 is 0 Å². The third kappa shape index (κ3) is 4.59. The lowest BCUT2D eigenvalue weighted by molar-refractivity contribution is -0.117. The molecular formula is C25H19ClFN3O3. The molecule has 0 N–H and O–H groups in total. The van der Waals surface area contributed by atoms with E-state index in [1.165, 1.54) is 23.1 Å². The number of ether oxygens (including phenoxy) is 1. The first-order valence-corrected chi connectivity index (χ1v) is 10.8. The van der Waals surface area contributed by atoms with Crippen LogP contribution in [0.2, 0.25) is 5.02 Å². The van der Waals surface area contributed by atoms with Gasteiger partial charge in [-0.25, -0.2) is 4.39 Å². The molecule has 0 radical (unpaired) electrons. The summed E-state index contributed by atoms with van der Waals surface area (Å²) >= 11 is 6.17. The van der Waals surface area contributed by atoms with Gasteiger partial charge in [-0.2, -0.15) is 4.98 Å². The first-order valence-electron chi connectivity index (χ1n) is 10.4. The molecule has 1 fully saturated rings. The molecule has 0 aliphatic carbocycles. The molecule has 6 nitrogen and oxygen atoms in total. The Morgan fingerprint density at radius 1 is 1.09 bits per heavy atom. The first kappa shape index (κ1) is 21.2. The maximum atomic E-state index is 13.7. The Morgan fingerprint density at radius 3 is 2.67 bits per heavy atom. The Labute approximate surface area is 194 Å². The fourth-order valence-corrected chi connectivity index (χ4v) is 3.98. The van der Waals surface area contributed by atoms with Crippen LogP contribution in [-0.4, -0.2) is 22.6 Å². The summed E-state index contributed by atoms with van der Waals surface area (Å²) in [5, 5.41) is 4.38. The molecule has 0 saturated carbocycles. The fourth-order valence-electron chi connectivity index (χ4n) is 3.76. The number of amides is 1. The van der Waals surface area contributed by atoms with E-state index in [1.807, 2.05) is 54.6 Å². The number of hydrogen-bond donors (Lipinski definition) is 0. The maximum absolute atomic E-state index is 13.7. The Hall–Kier alpha value is -3.71. The second-order valence-electron chi connectivity index (χ2n) is 7.76. The van der Waals surface area contributed by atoms with Crippen molar-refractivity contribution in [1.82, 2.24) is 10.1 Å². The number of halogens is 2. The monoisotopic (exact) mass is 463 g/mol. The minimum Gasteiger partial charge on any atom is -0.489 e. The highest BCUT2D eigenvalue weighted by Gasteiger charge is 2.36. The van der Waals surface area contributed by atoms with Crippen LogP contribution >= 0.6 is 11.6 Å². The lowest BCUT2D eigenvalue weighted by Gasteiger charge is -2.17. The molecule has 1 aliphatic rings. The van der Waals surface area contributed by atoms with Gasteiger partial charge in [0.25, 0.3) is 0 Å². The summed E-state index contributed by atoms with van der Waals surface area (Å²) in [7, 11) is 0. The van der Waals surface area contributed by atoms with Gasteiger partial charge in [-0.15, -0.1) is 0 Å². The smallest absolute Gasteiger partial charge is 0.232 e. The summed E-state index contributed by atoms with van der Waals surface area (Å²) in [5.41, 5.74) is 2.20. The van der Waals surface area contributed by atoms with E-state index in [0.717, 1.165) is 16.9 Å². The highest BCUT2D eigenvalue weighted by Crippen LogP contribution is 2.35. The van der Waals surface area contributed by atoms with Crippen molar-refractivity contribution in [3.63, 3.8) is 0 Å². The summed E-state index contributed by atoms with van der Waals surface area (Å²) in [5.74, 6) is 0.586. The maximum Gasteiger partial charge on any atom is 0.232 e. The van der Waals surface area contributed by atoms with E-state index in [2.05, 4.69) is 10.1 Å². The molecule has 1 aromatic heterocycles. The molecular weight excluding hydrogens is 445 g/mol. The van der Waals surface area contributed by atoms with Crippen molar-refractivity contribution >= 4 is 23.2 Å². The molecule has 1 unspecified atom stereocenters. The third-order valence-corrected chi connectivity index (χ3v) is 5.80. The Bertz CT molecular complexity index is 1280. The van der Waals surface area contributed by atoms with Gasteiger partial charge < -0.3 is 14.2 Å². The molecule has 2 heterocycles. The Balaban J connectivity index is 1.26. The molecule has 5 rings (SSSR count). The SMILES string of the molecule is O=C1CC(c2nc(-c3ccc(OCc4ccccc4)cc3)no2)CN1c1cc(F)ccc1Cl. The Kier molecular flexibility index (Phi) is 5.79. The van der Waals surface area contributed by atoms with E-state index >= 15 is 0 Å². The van der Waals surface area contributed by atoms with Gasteiger partial charge in [0.1, 0.15) is 18.2 Å². The van der Waals surface area contributed by atoms with Crippen LogP contribution in [-0.2, 0) is 11.4 Å². The number of aromatic nitrogens is 2. The zero-order valence-electron chi connectivity index (χ0n) is 17.4. The van der Waals surface area contributed by atoms with Crippen molar-refractivity contribution in [2.45, 2.75) is 18.9 Å². The highest BCUT2D eigenvalue weighted by molar-refractivity contribution is 6.33. The van der Waals surface area contributed by atoms with E-state index in [-0.39, 0.29) is 24.8 Å². The third-order valence-electron chi connectivity index (χ3n) is 5.48. The molecule has 3 aromatic carbocycles. The topological polar surface area (TPSA) is 68.5 Å². The molecule has 166 valence electrons. The summed E-state index contributed by atoms with van der Waals surface area (Å²) in [6, 6.07) is 21.3. The first-order chi connectivity index (χ1) is 16.1. The summed E-state index contributed by atoms with van der Waals surface area (Å²) in [4.78, 5) is 18.5. The number of carbonyl (C=O) groups is 1. The second kappa shape index (κ2) is 9.03. The fraction of sp³-hybridized carbons (Fsp3) is 0.160. The van der Waals surface area contributed by atoms with E-state index in [0.29, 0.717) is 29.0 Å². The van der Waals surface area contributed by atoms with Gasteiger partial charge in [-0.05, 0) is 48.0 Å². The van der Waals surface area contributed by atoms with Crippen molar-refractivity contribution < 1.29 is 18.4 Å². The van der Waals surface area contributed by atoms with Gasteiger partial charge in [-0.1, -0.05) is 47.1 Å². The standard InChI is InChI=1S/C25H19ClFN3O3/c26-21-11-8-19(27)13-22(21)30-14-18(12-23(30)31)25-28-24(29-33-25)17-6-9-20(10-7-17)32-15-16-4-2-1-3-5-16/h1-11,13,18H,12,14-15H2. The van der Waals surface area contributed by atoms with Crippen LogP contribution in [0.4, 0.5) is 10.1 Å². The quantitative estimate of drug-likeness (QED) is 0.371. The van der Waals surface area contributed by atoms with Crippen molar-refractivity contribution in [3.05, 3.63) is 95.1 Å². The lowest BCUT2D eigenvalue weighted by atomic mass is 10.1. The van der Waals surface area contributed by atoms with Crippen LogP contribution < -0.4 is 9.64 Å². The van der Waals surface area contributed by atoms with Crippen molar-refractivity contribution in [3.8, 4) is 17.1 Å². The number of anilines is 1. The zero-order chi connectivity index (χ0) is 22.8. The molecule has 4 aromatic rings. The van der Waals surface area contributed by atoms with Gasteiger partial charge in [0.15, 0.2) is 0 Å². The van der Waals surface area contributed by atoms with Crippen LogP contribution in [0.3, 0.4) is 0 Å². The molecule has 1 amide bonds. The van der Waals surface area contributed by atoms with Crippen LogP contribution in [0.5, 0.6) is 5.75 Å². The minimum atomic E-state index is -0.457. The molecule has 1 atom stereocenters. The number of hydrogen-bond acceptors (Lipinski definition) is 5. The number of benzene rings is 3. The predicted molar refractivity (Wildman–Crippen MR) is 122 cm³/mol. The van der Waals surface area contributed by atoms with Crippen molar-refractivity contribution in [2.75, 3.05) is 11.4 Å². The van der Waals surface area contributed by atoms with Crippen LogP contribution in [0, 0.1) is 5.82 Å². The van der Waals surface area contributed by atoms with Crippen LogP contribution in [0.15, 0.2) is 77.3 Å². The predicted octanol–water partition coefficient (Wildman–Crippen LogP) is 5.63. The van der Waals surface area contributed by atoms with E-state index in [9.17, 15) is 9.18 Å². The Morgan fingerprint density at radius 2 is 1.88 bits per heavy atom. The largest absolute Gasteiger partial charge is 0.489 e. The van der Waals surface area contributed by atoms with Gasteiger partial charge in [0.05, 0.1) is 16.6 Å². The number of rotatable bonds is 6. The summed E-state index contributed by atoms with van der Waals surface area (Å²) in [6.07, 6.45) is 0.181. The minimum absolute atomic E-state index is 0.174. The summed E-state index contributed by atoms with van der Waals surface area (Å²) in [6.45, 7) is 0.768. The lowest BCUT2D eigenvalue weighted by Crippen LogP contribution is -2.24. The molecule has 0 spiro atoms. The van der Waals surface area contributed by atoms with Gasteiger partial charge in [0.2, 0.25) is 17.6 Å². The summed E-state index contributed by atoms with van der Waals surface area (Å²) < 4.78 is 24.9. The van der Waals surface area contributed by atoms with Crippen LogP contribution in [0.25, 0.3) is 11.4 Å². The van der Waals surface area contributed by atoms with Gasteiger partial charge in [0, 0.05) is 18.5 Å². The zero-order valence-corrected chi connectivity index (χ0v) is 18.2. The van der Waals surface area contributed by atoms with E-state index in [4.69, 9.17) is 20.9 Å². The van der Waals surface area contributed by atoms with Gasteiger partial charge in [-0.3, -0.25) is 4.79 Å². The van der Waals surface area contributed by atoms with E-state index < -0.39 is 5.82 Å². The molecule has 1 saturated heterocycles. The second-order valence-corrected chi connectivity index (χ2v) is 8.16. The molecule has 1 aliphatic heterocycles. The number of nitrogens with zero attached hydrogens (tertiary/aromatic N) is 3. The van der Waals surface area contributed by atoms with Crippen LogP contribution in [0.1, 0.15) is 23.8 Å².